The monoisotopic (exact) mass is 539 g/mol. The van der Waals surface area contributed by atoms with E-state index >= 15 is 0 Å². The Morgan fingerprint density at radius 2 is 1.71 bits per heavy atom. The topological polar surface area (TPSA) is 98.2 Å². The Bertz CT molecular complexity index is 1210. The Balaban J connectivity index is 1.56. The van der Waals surface area contributed by atoms with E-state index in [0.717, 1.165) is 5.56 Å². The van der Waals surface area contributed by atoms with E-state index in [9.17, 15) is 9.59 Å². The second-order valence-electron chi connectivity index (χ2n) is 7.48. The summed E-state index contributed by atoms with van der Waals surface area (Å²) in [4.78, 5) is 24.4. The number of methoxy groups -OCH3 is 2. The van der Waals surface area contributed by atoms with Crippen molar-refractivity contribution in [3.63, 3.8) is 0 Å². The highest BCUT2D eigenvalue weighted by Gasteiger charge is 2.13. The maximum Gasteiger partial charge on any atom is 0.259 e. The maximum absolute atomic E-state index is 12.3. The van der Waals surface area contributed by atoms with E-state index in [1.54, 1.807) is 43.5 Å². The fourth-order valence-electron chi connectivity index (χ4n) is 3.10. The van der Waals surface area contributed by atoms with Gasteiger partial charge in [-0.1, -0.05) is 42.0 Å². The lowest BCUT2D eigenvalue weighted by Crippen LogP contribution is -2.35. The fraction of sp³-hybridized carbons (Fsp3) is 0.192. The summed E-state index contributed by atoms with van der Waals surface area (Å²) in [6, 6.07) is 18.4. The number of amides is 2. The van der Waals surface area contributed by atoms with Crippen molar-refractivity contribution >= 4 is 34.0 Å². The van der Waals surface area contributed by atoms with Crippen LogP contribution < -0.4 is 25.0 Å². The second-order valence-corrected chi connectivity index (χ2v) is 8.34. The summed E-state index contributed by atoms with van der Waals surface area (Å²) in [6.45, 7) is 2.18. The first-order valence-corrected chi connectivity index (χ1v) is 11.5. The van der Waals surface area contributed by atoms with E-state index in [2.05, 4.69) is 31.8 Å². The van der Waals surface area contributed by atoms with Crippen LogP contribution in [-0.4, -0.2) is 38.8 Å². The van der Waals surface area contributed by atoms with Gasteiger partial charge in [-0.15, -0.1) is 0 Å². The lowest BCUT2D eigenvalue weighted by Gasteiger charge is -2.13. The molecule has 0 heterocycles. The van der Waals surface area contributed by atoms with Crippen molar-refractivity contribution in [1.82, 2.24) is 10.7 Å². The van der Waals surface area contributed by atoms with Gasteiger partial charge in [0.25, 0.3) is 11.8 Å². The average molecular weight is 540 g/mol. The smallest absolute Gasteiger partial charge is 0.259 e. The predicted molar refractivity (Wildman–Crippen MR) is 137 cm³/mol. The van der Waals surface area contributed by atoms with Crippen molar-refractivity contribution in [1.29, 1.82) is 0 Å². The van der Waals surface area contributed by atoms with Crippen molar-refractivity contribution < 1.29 is 23.8 Å². The Kier molecular flexibility index (Phi) is 9.25. The molecule has 3 aromatic carbocycles. The van der Waals surface area contributed by atoms with E-state index < -0.39 is 11.8 Å². The Morgan fingerprint density at radius 3 is 2.43 bits per heavy atom. The molecule has 2 N–H and O–H groups in total. The maximum atomic E-state index is 12.3. The number of aryl methyl sites for hydroxylation is 1. The van der Waals surface area contributed by atoms with Gasteiger partial charge in [-0.3, -0.25) is 9.59 Å². The molecule has 3 aromatic rings. The van der Waals surface area contributed by atoms with E-state index in [1.165, 1.54) is 18.9 Å². The zero-order valence-electron chi connectivity index (χ0n) is 19.6. The number of para-hydroxylation sites is 1. The van der Waals surface area contributed by atoms with Gasteiger partial charge in [0.2, 0.25) is 0 Å². The molecule has 0 aliphatic carbocycles. The number of rotatable bonds is 10. The number of hydrogen-bond acceptors (Lipinski definition) is 6. The second kappa shape index (κ2) is 12.6. The van der Waals surface area contributed by atoms with Crippen LogP contribution in [0.25, 0.3) is 0 Å². The lowest BCUT2D eigenvalue weighted by molar-refractivity contribution is -0.120. The third-order valence-corrected chi connectivity index (χ3v) is 5.51. The SMILES string of the molecule is COc1ccccc1C(=O)NCC(=O)NN=Cc1cc(Br)c(OCc2ccc(C)cc2)c(OC)c1. The number of nitrogens with one attached hydrogen (secondary N) is 2. The van der Waals surface area contributed by atoms with Crippen LogP contribution in [0.3, 0.4) is 0 Å². The molecule has 0 saturated heterocycles. The summed E-state index contributed by atoms with van der Waals surface area (Å²) in [7, 11) is 3.03. The number of carbonyl (C=O) groups is 2. The molecule has 0 aromatic heterocycles. The number of carbonyl (C=O) groups excluding carboxylic acids is 2. The van der Waals surface area contributed by atoms with Crippen LogP contribution in [0.1, 0.15) is 27.0 Å². The van der Waals surface area contributed by atoms with E-state index in [0.29, 0.717) is 39.5 Å². The van der Waals surface area contributed by atoms with Crippen LogP contribution in [0, 0.1) is 6.92 Å². The van der Waals surface area contributed by atoms with Crippen LogP contribution in [0.4, 0.5) is 0 Å². The van der Waals surface area contributed by atoms with Gasteiger partial charge in [0.1, 0.15) is 12.4 Å². The van der Waals surface area contributed by atoms with Crippen LogP contribution in [0.5, 0.6) is 17.2 Å². The highest BCUT2D eigenvalue weighted by molar-refractivity contribution is 9.10. The lowest BCUT2D eigenvalue weighted by atomic mass is 10.2. The first-order valence-electron chi connectivity index (χ1n) is 10.7. The normalized spacial score (nSPS) is 10.6. The van der Waals surface area contributed by atoms with Crippen molar-refractivity contribution in [2.24, 2.45) is 5.10 Å². The molecular weight excluding hydrogens is 514 g/mol. The number of nitrogens with zero attached hydrogens (tertiary/aromatic N) is 1. The quantitative estimate of drug-likeness (QED) is 0.296. The molecule has 0 aliphatic heterocycles. The van der Waals surface area contributed by atoms with Crippen molar-refractivity contribution in [2.45, 2.75) is 13.5 Å². The molecule has 0 aliphatic rings. The standard InChI is InChI=1S/C26H26BrN3O5/c1-17-8-10-18(11-9-17)16-35-25-21(27)12-19(13-23(25)34-3)14-29-30-24(31)15-28-26(32)20-6-4-5-7-22(20)33-2/h4-14H,15-16H2,1-3H3,(H,28,32)(H,30,31). The number of halogens is 1. The summed E-state index contributed by atoms with van der Waals surface area (Å²) in [5.41, 5.74) is 5.62. The van der Waals surface area contributed by atoms with Gasteiger partial charge in [-0.05, 0) is 58.2 Å². The van der Waals surface area contributed by atoms with Gasteiger partial charge in [-0.2, -0.15) is 5.10 Å². The number of hydrogen-bond donors (Lipinski definition) is 2. The molecule has 3 rings (SSSR count). The molecule has 0 radical (unpaired) electrons. The number of ether oxygens (including phenoxy) is 3. The minimum Gasteiger partial charge on any atom is -0.496 e. The molecule has 0 atom stereocenters. The van der Waals surface area contributed by atoms with E-state index in [1.807, 2.05) is 31.2 Å². The summed E-state index contributed by atoms with van der Waals surface area (Å²) in [6.07, 6.45) is 1.47. The predicted octanol–water partition coefficient (Wildman–Crippen LogP) is 4.23. The molecule has 0 spiro atoms. The molecular formula is C26H26BrN3O5. The molecule has 0 fully saturated rings. The zero-order chi connectivity index (χ0) is 25.2. The third kappa shape index (κ3) is 7.31. The van der Waals surface area contributed by atoms with E-state index in [4.69, 9.17) is 14.2 Å². The van der Waals surface area contributed by atoms with Gasteiger partial charge >= 0.3 is 0 Å². The largest absolute Gasteiger partial charge is 0.496 e. The minimum absolute atomic E-state index is 0.243. The van der Waals surface area contributed by atoms with Crippen LogP contribution >= 0.6 is 15.9 Å². The third-order valence-electron chi connectivity index (χ3n) is 4.92. The molecule has 2 amide bonds. The zero-order valence-corrected chi connectivity index (χ0v) is 21.2. The van der Waals surface area contributed by atoms with Gasteiger partial charge in [-0.25, -0.2) is 5.43 Å². The number of benzene rings is 3. The summed E-state index contributed by atoms with van der Waals surface area (Å²) >= 11 is 3.51. The van der Waals surface area contributed by atoms with Gasteiger partial charge in [0.15, 0.2) is 11.5 Å². The Labute approximate surface area is 212 Å². The van der Waals surface area contributed by atoms with Crippen molar-refractivity contribution in [3.05, 3.63) is 87.4 Å². The summed E-state index contributed by atoms with van der Waals surface area (Å²) in [5, 5.41) is 6.49. The molecule has 35 heavy (non-hydrogen) atoms. The first kappa shape index (κ1) is 25.8. The van der Waals surface area contributed by atoms with E-state index in [-0.39, 0.29) is 6.54 Å². The average Bonchev–Trinajstić information content (AvgIpc) is 2.87. The molecule has 182 valence electrons. The van der Waals surface area contributed by atoms with Gasteiger partial charge in [0.05, 0.1) is 37.0 Å². The van der Waals surface area contributed by atoms with Gasteiger partial charge < -0.3 is 19.5 Å². The highest BCUT2D eigenvalue weighted by Crippen LogP contribution is 2.36. The van der Waals surface area contributed by atoms with Crippen LogP contribution in [-0.2, 0) is 11.4 Å². The van der Waals surface area contributed by atoms with Crippen molar-refractivity contribution in [2.75, 3.05) is 20.8 Å². The van der Waals surface area contributed by atoms with Crippen LogP contribution in [0.15, 0.2) is 70.2 Å². The number of hydrazone groups is 1. The van der Waals surface area contributed by atoms with Crippen molar-refractivity contribution in [3.8, 4) is 17.2 Å². The summed E-state index contributed by atoms with van der Waals surface area (Å²) < 4.78 is 17.3. The molecule has 0 unspecified atom stereocenters. The molecule has 0 bridgehead atoms. The van der Waals surface area contributed by atoms with Crippen LogP contribution in [0.2, 0.25) is 0 Å². The minimum atomic E-state index is -0.478. The highest BCUT2D eigenvalue weighted by atomic mass is 79.9. The molecule has 0 saturated carbocycles. The fourth-order valence-corrected chi connectivity index (χ4v) is 3.67. The summed E-state index contributed by atoms with van der Waals surface area (Å²) in [5.74, 6) is 0.607. The molecule has 9 heteroatoms. The Hall–Kier alpha value is -3.85. The molecule has 8 nitrogen and oxygen atoms in total. The first-order chi connectivity index (χ1) is 16.9. The van der Waals surface area contributed by atoms with Gasteiger partial charge in [0, 0.05) is 0 Å². The Morgan fingerprint density at radius 1 is 1.00 bits per heavy atom.